The zero-order valence-corrected chi connectivity index (χ0v) is 13.9. The van der Waals surface area contributed by atoms with Crippen molar-refractivity contribution in [1.82, 2.24) is 0 Å². The average Bonchev–Trinajstić information content (AvgIpc) is 2.26. The highest BCUT2D eigenvalue weighted by Crippen LogP contribution is 2.57. The van der Waals surface area contributed by atoms with E-state index < -0.39 is 0 Å². The van der Waals surface area contributed by atoms with Gasteiger partial charge in [-0.3, -0.25) is 0 Å². The van der Waals surface area contributed by atoms with Crippen LogP contribution in [0.4, 0.5) is 0 Å². The van der Waals surface area contributed by atoms with Crippen LogP contribution in [0.1, 0.15) is 66.2 Å². The average molecular weight is 260 g/mol. The molecule has 1 fully saturated rings. The summed E-state index contributed by atoms with van der Waals surface area (Å²) in [6.07, 6.45) is 8.14. The van der Waals surface area contributed by atoms with Crippen LogP contribution in [-0.2, 0) is 0 Å². The maximum atomic E-state index is 3.19. The Labute approximate surface area is 107 Å². The summed E-state index contributed by atoms with van der Waals surface area (Å²) in [5.74, 6) is 1.87. The van der Waals surface area contributed by atoms with Crippen LogP contribution in [0.25, 0.3) is 0 Å². The molecule has 96 valence electrons. The quantitative estimate of drug-likeness (QED) is 0.597. The topological polar surface area (TPSA) is 0 Å². The number of rotatable bonds is 6. The highest BCUT2D eigenvalue weighted by Gasteiger charge is 2.49. The van der Waals surface area contributed by atoms with Gasteiger partial charge in [-0.15, -0.1) is 18.5 Å². The first-order chi connectivity index (χ1) is 7.47. The van der Waals surface area contributed by atoms with Crippen molar-refractivity contribution in [1.29, 1.82) is 0 Å². The van der Waals surface area contributed by atoms with Crippen molar-refractivity contribution in [3.8, 4) is 0 Å². The monoisotopic (exact) mass is 260 g/mol. The Morgan fingerprint density at radius 3 is 1.12 bits per heavy atom. The van der Waals surface area contributed by atoms with E-state index in [1.165, 1.54) is 38.5 Å². The van der Waals surface area contributed by atoms with Crippen molar-refractivity contribution >= 4 is 18.5 Å². The third kappa shape index (κ3) is 2.49. The van der Waals surface area contributed by atoms with Gasteiger partial charge >= 0.3 is 0 Å². The second-order valence-corrected chi connectivity index (χ2v) is 7.97. The second kappa shape index (κ2) is 5.67. The van der Waals surface area contributed by atoms with Gasteiger partial charge in [-0.05, 0) is 60.7 Å². The minimum atomic E-state index is 0.509. The van der Waals surface area contributed by atoms with E-state index in [9.17, 15) is 0 Å². The molecule has 0 aromatic rings. The van der Waals surface area contributed by atoms with Gasteiger partial charge in [0.1, 0.15) is 0 Å². The molecule has 1 aliphatic rings. The zero-order chi connectivity index (χ0) is 12.4. The highest BCUT2D eigenvalue weighted by molar-refractivity contribution is 7.19. The first-order valence-electron chi connectivity index (χ1n) is 7.05. The SMILES string of the molecule is CCC(P)(CC)C1CCC1C(P)(CC)CC. The molecule has 0 amide bonds. The lowest BCUT2D eigenvalue weighted by Gasteiger charge is -2.55. The smallest absolute Gasteiger partial charge is 0.0124 e. The second-order valence-electron chi connectivity index (χ2n) is 5.67. The van der Waals surface area contributed by atoms with Crippen LogP contribution in [0.15, 0.2) is 0 Å². The van der Waals surface area contributed by atoms with Crippen molar-refractivity contribution < 1.29 is 0 Å². The van der Waals surface area contributed by atoms with Crippen LogP contribution in [-0.4, -0.2) is 10.3 Å². The Bertz CT molecular complexity index is 193. The van der Waals surface area contributed by atoms with Gasteiger partial charge in [0, 0.05) is 0 Å². The van der Waals surface area contributed by atoms with Gasteiger partial charge in [0.05, 0.1) is 0 Å². The van der Waals surface area contributed by atoms with E-state index >= 15 is 0 Å². The van der Waals surface area contributed by atoms with Crippen molar-refractivity contribution in [2.24, 2.45) is 11.8 Å². The summed E-state index contributed by atoms with van der Waals surface area (Å²) in [4.78, 5) is 0. The van der Waals surface area contributed by atoms with E-state index in [2.05, 4.69) is 46.2 Å². The lowest BCUT2D eigenvalue weighted by molar-refractivity contribution is 0.0760. The van der Waals surface area contributed by atoms with Crippen molar-refractivity contribution in [3.05, 3.63) is 0 Å². The fourth-order valence-corrected chi connectivity index (χ4v) is 4.22. The molecule has 0 N–H and O–H groups in total. The molecule has 4 unspecified atom stereocenters. The molecule has 0 heterocycles. The Kier molecular flexibility index (Phi) is 5.28. The fraction of sp³-hybridized carbons (Fsp3) is 1.00. The molecule has 0 nitrogen and oxygen atoms in total. The zero-order valence-electron chi connectivity index (χ0n) is 11.6. The maximum absolute atomic E-state index is 3.19. The fourth-order valence-electron chi connectivity index (χ4n) is 3.43. The Hall–Kier alpha value is 0.860. The summed E-state index contributed by atoms with van der Waals surface area (Å²) in [5.41, 5.74) is 0. The van der Waals surface area contributed by atoms with Crippen molar-refractivity contribution in [3.63, 3.8) is 0 Å². The van der Waals surface area contributed by atoms with Gasteiger partial charge in [0.25, 0.3) is 0 Å². The summed E-state index contributed by atoms with van der Waals surface area (Å²) in [5, 5.41) is 1.02. The molecule has 1 rings (SSSR count). The maximum Gasteiger partial charge on any atom is -0.0124 e. The molecular weight excluding hydrogens is 230 g/mol. The molecular formula is C14H30P2. The van der Waals surface area contributed by atoms with Crippen LogP contribution < -0.4 is 0 Å². The van der Waals surface area contributed by atoms with E-state index in [1.807, 2.05) is 0 Å². The van der Waals surface area contributed by atoms with Crippen LogP contribution >= 0.6 is 18.5 Å². The molecule has 0 radical (unpaired) electrons. The molecule has 0 aromatic heterocycles. The Morgan fingerprint density at radius 1 is 0.750 bits per heavy atom. The number of hydrogen-bond donors (Lipinski definition) is 0. The highest BCUT2D eigenvalue weighted by atomic mass is 31.0. The first kappa shape index (κ1) is 14.9. The van der Waals surface area contributed by atoms with E-state index in [-0.39, 0.29) is 0 Å². The normalized spacial score (nSPS) is 26.6. The van der Waals surface area contributed by atoms with Crippen LogP contribution in [0.3, 0.4) is 0 Å². The molecule has 0 aromatic carbocycles. The molecule has 0 aliphatic heterocycles. The largest absolute Gasteiger partial charge is 0.131 e. The van der Waals surface area contributed by atoms with Gasteiger partial charge in [0.2, 0.25) is 0 Å². The molecule has 0 spiro atoms. The number of hydrogen-bond acceptors (Lipinski definition) is 0. The molecule has 4 atom stereocenters. The molecule has 0 saturated heterocycles. The summed E-state index contributed by atoms with van der Waals surface area (Å²) >= 11 is 0. The minimum absolute atomic E-state index is 0.509. The summed E-state index contributed by atoms with van der Waals surface area (Å²) < 4.78 is 0. The predicted octanol–water partition coefficient (Wildman–Crippen LogP) is 4.88. The van der Waals surface area contributed by atoms with Crippen LogP contribution in [0.2, 0.25) is 0 Å². The molecule has 2 heteroatoms. The van der Waals surface area contributed by atoms with Crippen LogP contribution in [0, 0.1) is 11.8 Å². The standard InChI is InChI=1S/C14H30P2/c1-5-13(15,6-2)11-9-10-12(11)14(16,7-3)8-4/h11-12H,5-10,15-16H2,1-4H3. The van der Waals surface area contributed by atoms with Gasteiger partial charge in [-0.2, -0.15) is 0 Å². The summed E-state index contributed by atoms with van der Waals surface area (Å²) in [6, 6.07) is 0. The first-order valence-corrected chi connectivity index (χ1v) is 8.20. The van der Waals surface area contributed by atoms with Gasteiger partial charge in [-0.1, -0.05) is 27.7 Å². The van der Waals surface area contributed by atoms with Gasteiger partial charge < -0.3 is 0 Å². The van der Waals surface area contributed by atoms with Crippen molar-refractivity contribution in [2.75, 3.05) is 0 Å². The molecule has 1 saturated carbocycles. The molecule has 0 bridgehead atoms. The summed E-state index contributed by atoms with van der Waals surface area (Å²) in [6.45, 7) is 9.42. The van der Waals surface area contributed by atoms with E-state index in [4.69, 9.17) is 0 Å². The minimum Gasteiger partial charge on any atom is -0.131 e. The van der Waals surface area contributed by atoms with E-state index in [0.29, 0.717) is 10.3 Å². The molecule has 1 aliphatic carbocycles. The van der Waals surface area contributed by atoms with Gasteiger partial charge in [-0.25, -0.2) is 0 Å². The lowest BCUT2D eigenvalue weighted by atomic mass is 9.59. The summed E-state index contributed by atoms with van der Waals surface area (Å²) in [7, 11) is 6.39. The third-order valence-electron chi connectivity index (χ3n) is 5.38. The lowest BCUT2D eigenvalue weighted by Crippen LogP contribution is -2.50. The van der Waals surface area contributed by atoms with E-state index in [0.717, 1.165) is 11.8 Å². The Morgan fingerprint density at radius 2 is 1.00 bits per heavy atom. The Balaban J connectivity index is 2.79. The van der Waals surface area contributed by atoms with Crippen LogP contribution in [0.5, 0.6) is 0 Å². The molecule has 16 heavy (non-hydrogen) atoms. The van der Waals surface area contributed by atoms with Gasteiger partial charge in [0.15, 0.2) is 0 Å². The third-order valence-corrected chi connectivity index (χ3v) is 7.87. The van der Waals surface area contributed by atoms with E-state index in [1.54, 1.807) is 0 Å². The van der Waals surface area contributed by atoms with Crippen molar-refractivity contribution in [2.45, 2.75) is 76.5 Å². The predicted molar refractivity (Wildman–Crippen MR) is 82.3 cm³/mol.